The average molecular weight is 276 g/mol. The highest BCUT2D eigenvalue weighted by Gasteiger charge is 2.34. The first-order valence-electron chi connectivity index (χ1n) is 7.06. The van der Waals surface area contributed by atoms with Crippen LogP contribution in [-0.2, 0) is 4.79 Å². The minimum atomic E-state index is -0.567. The first-order valence-corrected chi connectivity index (χ1v) is 7.06. The van der Waals surface area contributed by atoms with Crippen molar-refractivity contribution >= 4 is 5.91 Å². The van der Waals surface area contributed by atoms with Crippen LogP contribution in [0.25, 0.3) is 0 Å². The number of para-hydroxylation sites is 2. The van der Waals surface area contributed by atoms with Crippen LogP contribution in [0.2, 0.25) is 0 Å². The molecule has 3 unspecified atom stereocenters. The van der Waals surface area contributed by atoms with Crippen molar-refractivity contribution in [2.75, 3.05) is 19.7 Å². The van der Waals surface area contributed by atoms with Crippen molar-refractivity contribution in [2.45, 2.75) is 25.5 Å². The molecule has 2 aliphatic heterocycles. The molecule has 2 heterocycles. The number of hydrogen-bond donors (Lipinski definition) is 1. The Hall–Kier alpha value is -1.75. The van der Waals surface area contributed by atoms with Gasteiger partial charge in [-0.1, -0.05) is 19.1 Å². The molecule has 2 aliphatic rings. The predicted octanol–water partition coefficient (Wildman–Crippen LogP) is 1.02. The molecule has 0 aromatic heterocycles. The summed E-state index contributed by atoms with van der Waals surface area (Å²) in [7, 11) is 0. The second-order valence-corrected chi connectivity index (χ2v) is 5.71. The second-order valence-electron chi connectivity index (χ2n) is 5.71. The van der Waals surface area contributed by atoms with E-state index >= 15 is 0 Å². The topological polar surface area (TPSA) is 64.8 Å². The maximum Gasteiger partial charge on any atom is 0.267 e. The Morgan fingerprint density at radius 1 is 1.30 bits per heavy atom. The third-order valence-corrected chi connectivity index (χ3v) is 3.79. The fraction of sp³-hybridized carbons (Fsp3) is 0.533. The Kier molecular flexibility index (Phi) is 3.53. The van der Waals surface area contributed by atoms with E-state index in [1.807, 2.05) is 24.3 Å². The maximum absolute atomic E-state index is 12.5. The van der Waals surface area contributed by atoms with Crippen molar-refractivity contribution in [1.29, 1.82) is 0 Å². The molecule has 2 N–H and O–H groups in total. The second kappa shape index (κ2) is 5.32. The van der Waals surface area contributed by atoms with Crippen molar-refractivity contribution in [3.05, 3.63) is 24.3 Å². The van der Waals surface area contributed by atoms with Gasteiger partial charge in [-0.2, -0.15) is 0 Å². The number of hydrogen-bond acceptors (Lipinski definition) is 4. The lowest BCUT2D eigenvalue weighted by molar-refractivity contribution is -0.143. The fourth-order valence-electron chi connectivity index (χ4n) is 2.92. The highest BCUT2D eigenvalue weighted by atomic mass is 16.6. The molecular formula is C15H20N2O3. The van der Waals surface area contributed by atoms with E-state index in [9.17, 15) is 4.79 Å². The lowest BCUT2D eigenvalue weighted by Gasteiger charge is -2.37. The highest BCUT2D eigenvalue weighted by molar-refractivity contribution is 5.82. The zero-order valence-corrected chi connectivity index (χ0v) is 11.6. The van der Waals surface area contributed by atoms with Crippen molar-refractivity contribution < 1.29 is 14.3 Å². The van der Waals surface area contributed by atoms with Gasteiger partial charge in [0.15, 0.2) is 11.5 Å². The molecule has 1 aromatic carbocycles. The number of carbonyl (C=O) groups is 1. The number of likely N-dealkylation sites (tertiary alicyclic amines) is 1. The number of piperidine rings is 1. The number of fused-ring (bicyclic) bond motifs is 1. The number of benzene rings is 1. The Morgan fingerprint density at radius 3 is 2.80 bits per heavy atom. The summed E-state index contributed by atoms with van der Waals surface area (Å²) in [6, 6.07) is 7.47. The summed E-state index contributed by atoms with van der Waals surface area (Å²) in [6.07, 6.45) is 0.400. The quantitative estimate of drug-likeness (QED) is 0.832. The van der Waals surface area contributed by atoms with E-state index in [0.29, 0.717) is 24.0 Å². The van der Waals surface area contributed by atoms with Gasteiger partial charge in [-0.25, -0.2) is 0 Å². The van der Waals surface area contributed by atoms with Crippen LogP contribution in [0.15, 0.2) is 24.3 Å². The zero-order chi connectivity index (χ0) is 14.1. The van der Waals surface area contributed by atoms with Gasteiger partial charge in [0.2, 0.25) is 6.10 Å². The Bertz CT molecular complexity index is 496. The molecule has 1 fully saturated rings. The van der Waals surface area contributed by atoms with Crippen LogP contribution in [0.5, 0.6) is 11.5 Å². The van der Waals surface area contributed by atoms with Crippen LogP contribution >= 0.6 is 0 Å². The molecule has 0 radical (unpaired) electrons. The number of amides is 1. The van der Waals surface area contributed by atoms with E-state index in [1.165, 1.54) is 0 Å². The molecule has 108 valence electrons. The molecule has 3 atom stereocenters. The number of rotatable bonds is 1. The smallest absolute Gasteiger partial charge is 0.267 e. The van der Waals surface area contributed by atoms with Gasteiger partial charge in [0.1, 0.15) is 6.61 Å². The van der Waals surface area contributed by atoms with E-state index in [0.717, 1.165) is 13.0 Å². The van der Waals surface area contributed by atoms with Gasteiger partial charge in [0.25, 0.3) is 5.91 Å². The molecule has 5 nitrogen and oxygen atoms in total. The summed E-state index contributed by atoms with van der Waals surface area (Å²) in [5.41, 5.74) is 5.99. The molecule has 0 saturated carbocycles. The van der Waals surface area contributed by atoms with Crippen LogP contribution in [0.3, 0.4) is 0 Å². The van der Waals surface area contributed by atoms with Gasteiger partial charge in [-0.15, -0.1) is 0 Å². The Balaban J connectivity index is 1.69. The maximum atomic E-state index is 12.5. The average Bonchev–Trinajstić information content (AvgIpc) is 2.45. The van der Waals surface area contributed by atoms with Gasteiger partial charge >= 0.3 is 0 Å². The molecule has 1 saturated heterocycles. The first-order chi connectivity index (χ1) is 9.63. The van der Waals surface area contributed by atoms with Gasteiger partial charge in [0.05, 0.1) is 0 Å². The normalized spacial score (nSPS) is 29.1. The summed E-state index contributed by atoms with van der Waals surface area (Å²) >= 11 is 0. The van der Waals surface area contributed by atoms with Crippen molar-refractivity contribution in [1.82, 2.24) is 4.90 Å². The van der Waals surface area contributed by atoms with E-state index in [1.54, 1.807) is 4.90 Å². The number of ether oxygens (including phenoxy) is 2. The SMILES string of the molecule is CC1CC(N)CN(C(=O)C2COc3ccccc3O2)C1. The third-order valence-electron chi connectivity index (χ3n) is 3.79. The van der Waals surface area contributed by atoms with Crippen LogP contribution in [0, 0.1) is 5.92 Å². The van der Waals surface area contributed by atoms with Gasteiger partial charge in [0, 0.05) is 19.1 Å². The molecule has 3 rings (SSSR count). The van der Waals surface area contributed by atoms with Gasteiger partial charge in [-0.05, 0) is 24.5 Å². The predicted molar refractivity (Wildman–Crippen MR) is 74.7 cm³/mol. The summed E-state index contributed by atoms with van der Waals surface area (Å²) in [5, 5.41) is 0. The van der Waals surface area contributed by atoms with Crippen LogP contribution in [0.1, 0.15) is 13.3 Å². The molecule has 1 aromatic rings. The van der Waals surface area contributed by atoms with Crippen LogP contribution < -0.4 is 15.2 Å². The highest BCUT2D eigenvalue weighted by Crippen LogP contribution is 2.31. The number of carbonyl (C=O) groups excluding carboxylic acids is 1. The first kappa shape index (κ1) is 13.2. The molecule has 0 aliphatic carbocycles. The van der Waals surface area contributed by atoms with E-state index in [2.05, 4.69) is 6.92 Å². The minimum Gasteiger partial charge on any atom is -0.485 e. The molecule has 5 heteroatoms. The Labute approximate surface area is 118 Å². The summed E-state index contributed by atoms with van der Waals surface area (Å²) < 4.78 is 11.4. The standard InChI is InChI=1S/C15H20N2O3/c1-10-6-11(16)8-17(7-10)15(18)14-9-19-12-4-2-3-5-13(12)20-14/h2-5,10-11,14H,6-9,16H2,1H3. The number of nitrogens with zero attached hydrogens (tertiary/aromatic N) is 1. The van der Waals surface area contributed by atoms with Gasteiger partial charge in [-0.3, -0.25) is 4.79 Å². The van der Waals surface area contributed by atoms with Gasteiger partial charge < -0.3 is 20.1 Å². The monoisotopic (exact) mass is 276 g/mol. The van der Waals surface area contributed by atoms with E-state index < -0.39 is 6.10 Å². The third kappa shape index (κ3) is 2.58. The van der Waals surface area contributed by atoms with Crippen LogP contribution in [0.4, 0.5) is 0 Å². The molecule has 0 spiro atoms. The largest absolute Gasteiger partial charge is 0.485 e. The summed E-state index contributed by atoms with van der Waals surface area (Å²) in [4.78, 5) is 14.3. The minimum absolute atomic E-state index is 0.0264. The Morgan fingerprint density at radius 2 is 2.05 bits per heavy atom. The van der Waals surface area contributed by atoms with E-state index in [4.69, 9.17) is 15.2 Å². The van der Waals surface area contributed by atoms with Crippen molar-refractivity contribution in [3.8, 4) is 11.5 Å². The number of nitrogens with two attached hydrogens (primary N) is 1. The lowest BCUT2D eigenvalue weighted by atomic mass is 9.96. The summed E-state index contributed by atoms with van der Waals surface area (Å²) in [6.45, 7) is 3.72. The molecule has 1 amide bonds. The molecular weight excluding hydrogens is 256 g/mol. The lowest BCUT2D eigenvalue weighted by Crippen LogP contribution is -2.54. The molecule has 0 bridgehead atoms. The fourth-order valence-corrected chi connectivity index (χ4v) is 2.92. The molecule has 20 heavy (non-hydrogen) atoms. The van der Waals surface area contributed by atoms with Crippen molar-refractivity contribution in [2.24, 2.45) is 11.7 Å². The van der Waals surface area contributed by atoms with Crippen molar-refractivity contribution in [3.63, 3.8) is 0 Å². The van der Waals surface area contributed by atoms with Crippen LogP contribution in [-0.4, -0.2) is 42.6 Å². The zero-order valence-electron chi connectivity index (χ0n) is 11.6. The van der Waals surface area contributed by atoms with E-state index in [-0.39, 0.29) is 18.6 Å². The summed E-state index contributed by atoms with van der Waals surface area (Å²) in [5.74, 6) is 1.73.